The first-order valence-corrected chi connectivity index (χ1v) is 9.87. The largest absolute Gasteiger partial charge is 0.479 e. The Hall–Kier alpha value is -3.83. The zero-order valence-corrected chi connectivity index (χ0v) is 16.6. The molecule has 2 heterocycles. The highest BCUT2D eigenvalue weighted by molar-refractivity contribution is 6.99. The summed E-state index contributed by atoms with van der Waals surface area (Å²) in [6, 6.07) is 12.7. The maximum atomic E-state index is 13.0. The van der Waals surface area contributed by atoms with Gasteiger partial charge in [0.2, 0.25) is 0 Å². The number of fused-ring (bicyclic) bond motifs is 1. The minimum Gasteiger partial charge on any atom is -0.479 e. The first-order valence-electron chi connectivity index (χ1n) is 9.14. The molecule has 0 bridgehead atoms. The Bertz CT molecular complexity index is 1300. The molecule has 0 saturated carbocycles. The first-order chi connectivity index (χ1) is 14.9. The van der Waals surface area contributed by atoms with Gasteiger partial charge in [-0.25, -0.2) is 9.59 Å². The van der Waals surface area contributed by atoms with Gasteiger partial charge < -0.3 is 19.9 Å². The van der Waals surface area contributed by atoms with Crippen LogP contribution >= 0.6 is 11.7 Å². The smallest absolute Gasteiger partial charge is 0.417 e. The summed E-state index contributed by atoms with van der Waals surface area (Å²) in [5.41, 5.74) is 1.97. The number of oxazole rings is 1. The van der Waals surface area contributed by atoms with E-state index in [1.807, 2.05) is 0 Å². The molecule has 2 aromatic carbocycles. The summed E-state index contributed by atoms with van der Waals surface area (Å²) in [7, 11) is 0. The number of carboxylic acid groups (broad SMARTS) is 1. The van der Waals surface area contributed by atoms with Crippen molar-refractivity contribution >= 4 is 34.7 Å². The fraction of sp³-hybridized carbons (Fsp3) is 0.150. The lowest BCUT2D eigenvalue weighted by Crippen LogP contribution is -2.48. The SMILES string of the molecule is O=C(NC(Cc1ccccc1)C(O)C(=O)O)c1nsnc1-c1cccc2oc(=O)[nH]c12. The van der Waals surface area contributed by atoms with Crippen molar-refractivity contribution in [2.45, 2.75) is 18.6 Å². The van der Waals surface area contributed by atoms with Crippen LogP contribution in [0.1, 0.15) is 16.1 Å². The second kappa shape index (κ2) is 8.50. The Balaban J connectivity index is 1.65. The summed E-state index contributed by atoms with van der Waals surface area (Å²) < 4.78 is 13.2. The number of carboxylic acids is 1. The molecular weight excluding hydrogens is 424 g/mol. The van der Waals surface area contributed by atoms with Gasteiger partial charge in [-0.2, -0.15) is 8.75 Å². The number of aliphatic hydroxyl groups excluding tert-OH is 1. The Labute approximate surface area is 178 Å². The van der Waals surface area contributed by atoms with E-state index in [2.05, 4.69) is 19.0 Å². The number of nitrogens with zero attached hydrogens (tertiary/aromatic N) is 2. The van der Waals surface area contributed by atoms with Crippen LogP contribution in [0.15, 0.2) is 57.7 Å². The van der Waals surface area contributed by atoms with E-state index in [1.165, 1.54) is 0 Å². The number of carbonyl (C=O) groups excluding carboxylic acids is 1. The third-order valence-corrected chi connectivity index (χ3v) is 5.19. The third kappa shape index (κ3) is 4.22. The van der Waals surface area contributed by atoms with E-state index in [-0.39, 0.29) is 17.8 Å². The number of rotatable bonds is 7. The molecule has 0 aliphatic rings. The van der Waals surface area contributed by atoms with Gasteiger partial charge in [0.05, 0.1) is 23.3 Å². The molecule has 0 spiro atoms. The van der Waals surface area contributed by atoms with Crippen LogP contribution in [0.25, 0.3) is 22.4 Å². The molecule has 158 valence electrons. The molecule has 31 heavy (non-hydrogen) atoms. The van der Waals surface area contributed by atoms with Crippen molar-refractivity contribution in [3.05, 3.63) is 70.3 Å². The monoisotopic (exact) mass is 440 g/mol. The van der Waals surface area contributed by atoms with Crippen LogP contribution in [0.3, 0.4) is 0 Å². The maximum Gasteiger partial charge on any atom is 0.417 e. The van der Waals surface area contributed by atoms with Crippen molar-refractivity contribution in [1.29, 1.82) is 0 Å². The lowest BCUT2D eigenvalue weighted by atomic mass is 10.0. The quantitative estimate of drug-likeness (QED) is 0.336. The van der Waals surface area contributed by atoms with Crippen molar-refractivity contribution in [2.24, 2.45) is 0 Å². The van der Waals surface area contributed by atoms with Gasteiger partial charge in [-0.15, -0.1) is 0 Å². The van der Waals surface area contributed by atoms with Gasteiger partial charge in [-0.1, -0.05) is 42.5 Å². The fourth-order valence-corrected chi connectivity index (χ4v) is 3.76. The highest BCUT2D eigenvalue weighted by Crippen LogP contribution is 2.28. The summed E-state index contributed by atoms with van der Waals surface area (Å²) in [6.45, 7) is 0. The molecule has 0 saturated heterocycles. The van der Waals surface area contributed by atoms with Gasteiger partial charge >= 0.3 is 11.7 Å². The van der Waals surface area contributed by atoms with Crippen LogP contribution in [0.5, 0.6) is 0 Å². The van der Waals surface area contributed by atoms with Crippen molar-refractivity contribution in [2.75, 3.05) is 0 Å². The minimum absolute atomic E-state index is 0.0600. The zero-order valence-electron chi connectivity index (χ0n) is 15.8. The molecule has 0 fully saturated rings. The van der Waals surface area contributed by atoms with Gasteiger partial charge in [-0.3, -0.25) is 9.78 Å². The van der Waals surface area contributed by atoms with Crippen LogP contribution in [-0.2, 0) is 11.2 Å². The standard InChI is InChI=1S/C20H16N4O6S/c25-17(19(27)28)12(9-10-5-2-1-3-6-10)21-18(26)16-15(23-31-24-16)11-7-4-8-13-14(11)22-20(29)30-13/h1-8,12,17,25H,9H2,(H,21,26)(H,22,29)(H,27,28). The minimum atomic E-state index is -1.83. The molecule has 0 radical (unpaired) electrons. The van der Waals surface area contributed by atoms with Crippen molar-refractivity contribution in [1.82, 2.24) is 19.0 Å². The summed E-state index contributed by atoms with van der Waals surface area (Å²) in [4.78, 5) is 38.4. The average Bonchev–Trinajstić information content (AvgIpc) is 3.39. The lowest BCUT2D eigenvalue weighted by molar-refractivity contribution is -0.148. The Morgan fingerprint density at radius 3 is 2.65 bits per heavy atom. The summed E-state index contributed by atoms with van der Waals surface area (Å²) >= 11 is 0.788. The van der Waals surface area contributed by atoms with Gasteiger partial charge in [0.15, 0.2) is 17.4 Å². The molecular formula is C20H16N4O6S. The number of aliphatic hydroxyl groups is 1. The summed E-state index contributed by atoms with van der Waals surface area (Å²) in [6.07, 6.45) is -1.73. The number of amides is 1. The number of aliphatic carboxylic acids is 1. The van der Waals surface area contributed by atoms with E-state index in [9.17, 15) is 24.6 Å². The Morgan fingerprint density at radius 2 is 1.90 bits per heavy atom. The summed E-state index contributed by atoms with van der Waals surface area (Å²) in [5.74, 6) is -2.81. The molecule has 4 aromatic rings. The molecule has 2 unspecified atom stereocenters. The van der Waals surface area contributed by atoms with Gasteiger partial charge in [0.25, 0.3) is 5.91 Å². The number of aromatic nitrogens is 3. The maximum absolute atomic E-state index is 13.0. The van der Waals surface area contributed by atoms with Crippen molar-refractivity contribution in [3.63, 3.8) is 0 Å². The van der Waals surface area contributed by atoms with Crippen LogP contribution in [0.4, 0.5) is 0 Å². The van der Waals surface area contributed by atoms with Crippen LogP contribution in [0, 0.1) is 0 Å². The van der Waals surface area contributed by atoms with E-state index in [0.29, 0.717) is 16.7 Å². The molecule has 10 nitrogen and oxygen atoms in total. The molecule has 2 aromatic heterocycles. The van der Waals surface area contributed by atoms with Crippen molar-refractivity contribution < 1.29 is 24.2 Å². The lowest BCUT2D eigenvalue weighted by Gasteiger charge is -2.21. The number of H-pyrrole nitrogens is 1. The summed E-state index contributed by atoms with van der Waals surface area (Å²) in [5, 5.41) is 21.9. The number of nitrogens with one attached hydrogen (secondary N) is 2. The van der Waals surface area contributed by atoms with E-state index in [1.54, 1.807) is 48.5 Å². The topological polar surface area (TPSA) is 158 Å². The average molecular weight is 440 g/mol. The van der Waals surface area contributed by atoms with E-state index in [0.717, 1.165) is 17.3 Å². The predicted molar refractivity (Wildman–Crippen MR) is 111 cm³/mol. The second-order valence-corrected chi connectivity index (χ2v) is 7.24. The van der Waals surface area contributed by atoms with E-state index in [4.69, 9.17) is 4.42 Å². The second-order valence-electron chi connectivity index (χ2n) is 6.71. The number of hydrogen-bond donors (Lipinski definition) is 4. The van der Waals surface area contributed by atoms with E-state index < -0.39 is 29.8 Å². The normalized spacial score (nSPS) is 13.1. The highest BCUT2D eigenvalue weighted by Gasteiger charge is 2.30. The predicted octanol–water partition coefficient (Wildman–Crippen LogP) is 1.43. The highest BCUT2D eigenvalue weighted by atomic mass is 32.1. The van der Waals surface area contributed by atoms with Crippen LogP contribution in [0.2, 0.25) is 0 Å². The molecule has 0 aliphatic carbocycles. The number of para-hydroxylation sites is 1. The molecule has 11 heteroatoms. The number of aromatic amines is 1. The first kappa shape index (κ1) is 20.4. The molecule has 2 atom stereocenters. The van der Waals surface area contributed by atoms with E-state index >= 15 is 0 Å². The van der Waals surface area contributed by atoms with Gasteiger partial charge in [-0.05, 0) is 18.1 Å². The molecule has 1 amide bonds. The fourth-order valence-electron chi connectivity index (χ4n) is 3.20. The number of carbonyl (C=O) groups is 2. The molecule has 4 N–H and O–H groups in total. The van der Waals surface area contributed by atoms with Crippen LogP contribution < -0.4 is 11.1 Å². The van der Waals surface area contributed by atoms with Gasteiger partial charge in [0, 0.05) is 5.56 Å². The van der Waals surface area contributed by atoms with Crippen LogP contribution in [-0.4, -0.2) is 48.0 Å². The number of hydrogen-bond acceptors (Lipinski definition) is 8. The zero-order chi connectivity index (χ0) is 22.0. The molecule has 4 rings (SSSR count). The Kier molecular flexibility index (Phi) is 5.60. The Morgan fingerprint density at radius 1 is 1.13 bits per heavy atom. The number of benzene rings is 2. The third-order valence-electron chi connectivity index (χ3n) is 4.66. The molecule has 0 aliphatic heterocycles. The van der Waals surface area contributed by atoms with Gasteiger partial charge in [0.1, 0.15) is 5.69 Å². The van der Waals surface area contributed by atoms with Crippen molar-refractivity contribution in [3.8, 4) is 11.3 Å².